The Bertz CT molecular complexity index is 1030. The van der Waals surface area contributed by atoms with Crippen molar-refractivity contribution in [2.45, 2.75) is 4.90 Å². The van der Waals surface area contributed by atoms with Gasteiger partial charge in [0.2, 0.25) is 0 Å². The first-order valence-corrected chi connectivity index (χ1v) is 9.48. The van der Waals surface area contributed by atoms with Gasteiger partial charge >= 0.3 is 0 Å². The first kappa shape index (κ1) is 19.8. The topological polar surface area (TPSA) is 155 Å². The maximum absolute atomic E-state index is 12.2. The highest BCUT2D eigenvalue weighted by atomic mass is 32.2. The van der Waals surface area contributed by atoms with Crippen LogP contribution in [0.2, 0.25) is 0 Å². The molecule has 0 atom stereocenters. The second-order valence-electron chi connectivity index (χ2n) is 5.44. The molecule has 0 aliphatic heterocycles. The van der Waals surface area contributed by atoms with E-state index in [2.05, 4.69) is 15.6 Å². The van der Waals surface area contributed by atoms with Crippen molar-refractivity contribution in [1.82, 2.24) is 10.3 Å². The molecule has 0 bridgehead atoms. The van der Waals surface area contributed by atoms with Gasteiger partial charge in [-0.25, -0.2) is 13.4 Å². The molecular weight excluding hydrogens is 374 g/mol. The molecule has 0 spiro atoms. The lowest BCUT2D eigenvalue weighted by Gasteiger charge is -2.09. The van der Waals surface area contributed by atoms with E-state index in [-0.39, 0.29) is 23.5 Å². The quantitative estimate of drug-likeness (QED) is 0.405. The van der Waals surface area contributed by atoms with Gasteiger partial charge in [0.25, 0.3) is 11.6 Å². The minimum Gasteiger partial charge on any atom is -0.367 e. The number of carbonyl (C=O) groups excluding carboxylic acids is 1. The summed E-state index contributed by atoms with van der Waals surface area (Å²) in [5.74, 6) is -0.295. The van der Waals surface area contributed by atoms with Crippen molar-refractivity contribution in [2.75, 3.05) is 24.7 Å². The highest BCUT2D eigenvalue weighted by Gasteiger charge is 2.19. The van der Waals surface area contributed by atoms with Crippen LogP contribution in [-0.4, -0.2) is 43.6 Å². The number of nitriles is 1. The molecule has 10 nitrogen and oxygen atoms in total. The summed E-state index contributed by atoms with van der Waals surface area (Å²) in [5.41, 5.74) is -0.283. The third kappa shape index (κ3) is 5.23. The number of nitrogens with zero attached hydrogens (tertiary/aromatic N) is 3. The van der Waals surface area contributed by atoms with Crippen molar-refractivity contribution in [3.05, 3.63) is 57.8 Å². The Balaban J connectivity index is 2.06. The van der Waals surface area contributed by atoms with Gasteiger partial charge in [-0.2, -0.15) is 5.26 Å². The minimum absolute atomic E-state index is 0.122. The largest absolute Gasteiger partial charge is 0.367 e. The predicted molar refractivity (Wildman–Crippen MR) is 96.0 cm³/mol. The first-order chi connectivity index (χ1) is 12.7. The van der Waals surface area contributed by atoms with Crippen molar-refractivity contribution in [1.29, 1.82) is 5.26 Å². The summed E-state index contributed by atoms with van der Waals surface area (Å²) in [6, 6.07) is 8.17. The second-order valence-corrected chi connectivity index (χ2v) is 7.45. The number of anilines is 1. The Kier molecular flexibility index (Phi) is 6.04. The molecule has 1 heterocycles. The standard InChI is InChI=1S/C16H15N5O5S/c1-27(25,26)14-8-12(7-13(9-14)21(23)24)16(22)20-6-5-19-15-11(10-17)3-2-4-18-15/h2-4,7-9H,5-6H2,1H3,(H,18,19)(H,20,22). The molecule has 140 valence electrons. The van der Waals surface area contributed by atoms with Gasteiger partial charge in [0.1, 0.15) is 11.9 Å². The summed E-state index contributed by atoms with van der Waals surface area (Å²) in [4.78, 5) is 26.1. The number of hydrogen-bond acceptors (Lipinski definition) is 8. The van der Waals surface area contributed by atoms with Gasteiger partial charge in [-0.1, -0.05) is 0 Å². The van der Waals surface area contributed by atoms with Crippen LogP contribution in [-0.2, 0) is 9.84 Å². The van der Waals surface area contributed by atoms with E-state index in [4.69, 9.17) is 5.26 Å². The number of non-ortho nitro benzene ring substituents is 1. The fourth-order valence-corrected chi connectivity index (χ4v) is 2.81. The molecule has 2 N–H and O–H groups in total. The van der Waals surface area contributed by atoms with E-state index in [1.807, 2.05) is 6.07 Å². The van der Waals surface area contributed by atoms with Crippen LogP contribution in [0, 0.1) is 21.4 Å². The molecule has 0 aliphatic carbocycles. The zero-order chi connectivity index (χ0) is 20.0. The highest BCUT2D eigenvalue weighted by Crippen LogP contribution is 2.21. The van der Waals surface area contributed by atoms with Crippen LogP contribution in [0.25, 0.3) is 0 Å². The lowest BCUT2D eigenvalue weighted by atomic mass is 10.2. The molecule has 0 fully saturated rings. The second kappa shape index (κ2) is 8.24. The number of aromatic nitrogens is 1. The first-order valence-electron chi connectivity index (χ1n) is 7.59. The minimum atomic E-state index is -3.72. The van der Waals surface area contributed by atoms with E-state index in [0.29, 0.717) is 11.4 Å². The average molecular weight is 389 g/mol. The Morgan fingerprint density at radius 2 is 2.07 bits per heavy atom. The lowest BCUT2D eigenvalue weighted by molar-refractivity contribution is -0.385. The smallest absolute Gasteiger partial charge is 0.271 e. The molecule has 0 radical (unpaired) electrons. The Morgan fingerprint density at radius 3 is 2.70 bits per heavy atom. The van der Waals surface area contributed by atoms with Crippen molar-refractivity contribution >= 4 is 27.2 Å². The van der Waals surface area contributed by atoms with Crippen molar-refractivity contribution in [2.24, 2.45) is 0 Å². The number of sulfone groups is 1. The average Bonchev–Trinajstić information content (AvgIpc) is 2.64. The zero-order valence-corrected chi connectivity index (χ0v) is 15.0. The van der Waals surface area contributed by atoms with Gasteiger partial charge in [-0.15, -0.1) is 0 Å². The number of pyridine rings is 1. The van der Waals surface area contributed by atoms with Crippen molar-refractivity contribution in [3.63, 3.8) is 0 Å². The fraction of sp³-hybridized carbons (Fsp3) is 0.188. The van der Waals surface area contributed by atoms with E-state index in [1.54, 1.807) is 12.1 Å². The number of benzene rings is 1. The summed E-state index contributed by atoms with van der Waals surface area (Å²) in [6.45, 7) is 0.364. The van der Waals surface area contributed by atoms with E-state index in [0.717, 1.165) is 24.5 Å². The molecule has 1 aromatic carbocycles. The maximum Gasteiger partial charge on any atom is 0.271 e. The third-order valence-electron chi connectivity index (χ3n) is 3.42. The number of nitrogens with one attached hydrogen (secondary N) is 2. The normalized spacial score (nSPS) is 10.7. The maximum atomic E-state index is 12.2. The predicted octanol–water partition coefficient (Wildman–Crippen LogP) is 1.11. The van der Waals surface area contributed by atoms with E-state index in [9.17, 15) is 23.3 Å². The third-order valence-corrected chi connectivity index (χ3v) is 4.52. The van der Waals surface area contributed by atoms with Gasteiger partial charge < -0.3 is 10.6 Å². The van der Waals surface area contributed by atoms with Gasteiger partial charge in [-0.05, 0) is 18.2 Å². The molecule has 1 amide bonds. The van der Waals surface area contributed by atoms with Gasteiger partial charge in [0.05, 0.1) is 15.4 Å². The van der Waals surface area contributed by atoms with Crippen molar-refractivity contribution < 1.29 is 18.1 Å². The van der Waals surface area contributed by atoms with Crippen LogP contribution >= 0.6 is 0 Å². The number of rotatable bonds is 7. The summed E-state index contributed by atoms with van der Waals surface area (Å²) in [6.07, 6.45) is 2.41. The molecule has 2 rings (SSSR count). The van der Waals surface area contributed by atoms with Crippen LogP contribution < -0.4 is 10.6 Å². The molecule has 0 unspecified atom stereocenters. The van der Waals surface area contributed by atoms with Crippen LogP contribution in [0.4, 0.5) is 11.5 Å². The van der Waals surface area contributed by atoms with Crippen molar-refractivity contribution in [3.8, 4) is 6.07 Å². The van der Waals surface area contributed by atoms with E-state index >= 15 is 0 Å². The molecule has 0 saturated heterocycles. The number of nitro benzene ring substituents is 1. The molecule has 11 heteroatoms. The van der Waals surface area contributed by atoms with Gasteiger partial charge in [0, 0.05) is 43.2 Å². The fourth-order valence-electron chi connectivity index (χ4n) is 2.13. The number of carbonyl (C=O) groups is 1. The Morgan fingerprint density at radius 1 is 1.33 bits per heavy atom. The summed E-state index contributed by atoms with van der Waals surface area (Å²) in [7, 11) is -3.72. The summed E-state index contributed by atoms with van der Waals surface area (Å²) >= 11 is 0. The van der Waals surface area contributed by atoms with Gasteiger partial charge in [0.15, 0.2) is 9.84 Å². The molecule has 27 heavy (non-hydrogen) atoms. The molecule has 0 aliphatic rings. The number of amides is 1. The monoisotopic (exact) mass is 389 g/mol. The Hall–Kier alpha value is -3.52. The van der Waals surface area contributed by atoms with E-state index in [1.165, 1.54) is 6.20 Å². The molecular formula is C16H15N5O5S. The summed E-state index contributed by atoms with van der Waals surface area (Å²) in [5, 5.41) is 25.3. The zero-order valence-electron chi connectivity index (χ0n) is 14.2. The van der Waals surface area contributed by atoms with Crippen LogP contribution in [0.1, 0.15) is 15.9 Å². The molecule has 2 aromatic rings. The number of hydrogen-bond donors (Lipinski definition) is 2. The molecule has 1 aromatic heterocycles. The Labute approximate surface area is 154 Å². The highest BCUT2D eigenvalue weighted by molar-refractivity contribution is 7.90. The summed E-state index contributed by atoms with van der Waals surface area (Å²) < 4.78 is 23.3. The van der Waals surface area contributed by atoms with Crippen LogP contribution in [0.3, 0.4) is 0 Å². The number of nitro groups is 1. The van der Waals surface area contributed by atoms with E-state index < -0.39 is 26.4 Å². The van der Waals surface area contributed by atoms with Gasteiger partial charge in [-0.3, -0.25) is 14.9 Å². The molecule has 0 saturated carbocycles. The SMILES string of the molecule is CS(=O)(=O)c1cc(C(=O)NCCNc2ncccc2C#N)cc([N+](=O)[O-])c1. The lowest BCUT2D eigenvalue weighted by Crippen LogP contribution is -2.29. The van der Waals surface area contributed by atoms with Crippen LogP contribution in [0.15, 0.2) is 41.4 Å². The van der Waals surface area contributed by atoms with Crippen LogP contribution in [0.5, 0.6) is 0 Å².